The average molecular weight is 892 g/mol. The summed E-state index contributed by atoms with van der Waals surface area (Å²) in [5.41, 5.74) is 3.94. The number of fused-ring (bicyclic) bond motifs is 2. The predicted molar refractivity (Wildman–Crippen MR) is 245 cm³/mol. The van der Waals surface area contributed by atoms with Crippen LogP contribution in [0.25, 0.3) is 0 Å². The number of aromatic nitrogens is 2. The average Bonchev–Trinajstić information content (AvgIpc) is 3.96. The summed E-state index contributed by atoms with van der Waals surface area (Å²) in [5, 5.41) is 8.57. The van der Waals surface area contributed by atoms with Gasteiger partial charge < -0.3 is 44.4 Å². The first kappa shape index (κ1) is 46.9. The number of imide groups is 1. The molecule has 3 N–H and O–H groups in total. The maximum absolute atomic E-state index is 13.3. The minimum atomic E-state index is -0.651. The van der Waals surface area contributed by atoms with Gasteiger partial charge in [-0.25, -0.2) is 4.98 Å². The molecule has 3 aromatic rings. The minimum Gasteiger partial charge on any atom is -0.495 e. The molecule has 17 heteroatoms. The van der Waals surface area contributed by atoms with Gasteiger partial charge in [-0.15, -0.1) is 0 Å². The summed E-state index contributed by atoms with van der Waals surface area (Å²) in [4.78, 5) is 80.4. The molecule has 17 nitrogen and oxygen atoms in total. The van der Waals surface area contributed by atoms with Crippen molar-refractivity contribution in [1.29, 1.82) is 0 Å². The van der Waals surface area contributed by atoms with Crippen LogP contribution in [0.15, 0.2) is 42.6 Å². The highest BCUT2D eigenvalue weighted by Gasteiger charge is 2.42. The van der Waals surface area contributed by atoms with Crippen molar-refractivity contribution >= 4 is 52.7 Å². The van der Waals surface area contributed by atoms with Crippen molar-refractivity contribution < 1.29 is 38.2 Å². The number of likely N-dealkylation sites (N-methyl/N-ethyl adjacent to an activating group) is 2. The molecular formula is C48H61N9O8. The number of rotatable bonds is 20. The van der Waals surface area contributed by atoms with Crippen LogP contribution in [0.1, 0.15) is 103 Å². The number of nitrogens with one attached hydrogen (secondary N) is 3. The van der Waals surface area contributed by atoms with Crippen molar-refractivity contribution in [2.24, 2.45) is 0 Å². The summed E-state index contributed by atoms with van der Waals surface area (Å²) < 4.78 is 17.2. The first-order chi connectivity index (χ1) is 31.6. The van der Waals surface area contributed by atoms with E-state index >= 15 is 0 Å². The number of anilines is 4. The van der Waals surface area contributed by atoms with E-state index in [9.17, 15) is 24.0 Å². The quantitative estimate of drug-likeness (QED) is 0.0824. The summed E-state index contributed by atoms with van der Waals surface area (Å²) in [6.07, 6.45) is 9.35. The molecule has 3 aliphatic heterocycles. The molecule has 1 unspecified atom stereocenters. The normalized spacial score (nSPS) is 18.4. The van der Waals surface area contributed by atoms with Crippen LogP contribution in [0.3, 0.4) is 0 Å². The molecule has 2 aromatic carbocycles. The lowest BCUT2D eigenvalue weighted by Gasteiger charge is -2.43. The van der Waals surface area contributed by atoms with Crippen LogP contribution in [0.4, 0.5) is 23.1 Å². The minimum absolute atomic E-state index is 0.0641. The Kier molecular flexibility index (Phi) is 16.0. The Morgan fingerprint density at radius 1 is 1.00 bits per heavy atom. The van der Waals surface area contributed by atoms with Crippen molar-refractivity contribution in [2.45, 2.75) is 95.8 Å². The van der Waals surface area contributed by atoms with Crippen LogP contribution in [0, 0.1) is 11.8 Å². The van der Waals surface area contributed by atoms with Gasteiger partial charge in [0.25, 0.3) is 11.8 Å². The van der Waals surface area contributed by atoms with Gasteiger partial charge in [-0.3, -0.25) is 29.3 Å². The number of methoxy groups -OCH3 is 1. The maximum atomic E-state index is 13.3. The lowest BCUT2D eigenvalue weighted by atomic mass is 10.0. The van der Waals surface area contributed by atoms with Crippen LogP contribution in [-0.2, 0) is 30.4 Å². The Hall–Kier alpha value is -6.09. The van der Waals surface area contributed by atoms with Crippen LogP contribution in [0.5, 0.6) is 5.75 Å². The zero-order chi connectivity index (χ0) is 45.9. The van der Waals surface area contributed by atoms with Crippen LogP contribution in [0.2, 0.25) is 0 Å². The fourth-order valence-corrected chi connectivity index (χ4v) is 8.88. The number of nitrogens with zero attached hydrogens (tertiary/aromatic N) is 6. The molecule has 0 spiro atoms. The smallest absolute Gasteiger partial charge is 0.255 e. The van der Waals surface area contributed by atoms with Gasteiger partial charge in [0.2, 0.25) is 23.7 Å². The van der Waals surface area contributed by atoms with E-state index in [4.69, 9.17) is 19.2 Å². The SMILES string of the molecule is CC[C@@H]1C(=O)N(C)c2cnc(Nc3ccc(C(=O)NCCCOCCCOCCN(C)CCC#Cc4cccc5c4CN(C4CCC(=O)NC4=O)C5=O)cc3OC)nc2N1C1CCCC1. The molecule has 2 atom stereocenters. The lowest BCUT2D eigenvalue weighted by Crippen LogP contribution is -2.55. The number of benzene rings is 2. The largest absolute Gasteiger partial charge is 0.495 e. The fraction of sp³-hybridized carbons (Fsp3) is 0.521. The summed E-state index contributed by atoms with van der Waals surface area (Å²) in [6.45, 7) is 6.56. The molecule has 1 saturated heterocycles. The number of amides is 5. The number of hydrogen-bond donors (Lipinski definition) is 3. The number of carbonyl (C=O) groups excluding carboxylic acids is 5. The van der Waals surface area contributed by atoms with Gasteiger partial charge in [-0.1, -0.05) is 37.7 Å². The third kappa shape index (κ3) is 11.2. The van der Waals surface area contributed by atoms with Crippen LogP contribution in [-0.4, -0.2) is 135 Å². The molecule has 1 aliphatic carbocycles. The van der Waals surface area contributed by atoms with Crippen LogP contribution >= 0.6 is 0 Å². The molecule has 346 valence electrons. The number of piperidine rings is 1. The third-order valence-corrected chi connectivity index (χ3v) is 12.5. The first-order valence-corrected chi connectivity index (χ1v) is 22.8. The molecule has 4 aliphatic rings. The molecule has 0 bridgehead atoms. The molecule has 65 heavy (non-hydrogen) atoms. The Bertz CT molecular complexity index is 2290. The van der Waals surface area contributed by atoms with E-state index in [-0.39, 0.29) is 42.1 Å². The van der Waals surface area contributed by atoms with Gasteiger partial charge in [0.15, 0.2) is 5.82 Å². The second-order valence-corrected chi connectivity index (χ2v) is 16.9. The molecule has 1 saturated carbocycles. The van der Waals surface area contributed by atoms with E-state index < -0.39 is 11.9 Å². The Labute approximate surface area is 380 Å². The second kappa shape index (κ2) is 22.2. The van der Waals surface area contributed by atoms with E-state index in [2.05, 4.69) is 42.6 Å². The van der Waals surface area contributed by atoms with Gasteiger partial charge in [0, 0.05) is 88.6 Å². The van der Waals surface area contributed by atoms with E-state index in [1.54, 1.807) is 54.4 Å². The van der Waals surface area contributed by atoms with E-state index in [0.717, 1.165) is 62.1 Å². The standard InChI is InChI=1S/C48H61N9O8/c1-5-38-47(62)55(3)40-30-50-48(53-43(40)57(38)34-15-6-7-16-34)51-37-19-18-33(29-41(37)63-4)44(59)49-22-11-25-64-26-12-27-65-28-24-54(2)23-9-8-13-32-14-10-17-35-36(32)31-56(46(35)61)39-20-21-42(58)52-45(39)60/h10,14,17-19,29-30,34,38-39H,5-7,9,11-12,15-16,20-28,31H2,1-4H3,(H,49,59)(H,50,51,53)(H,52,58,60)/t38-,39?/m1/s1. The molecule has 7 rings (SSSR count). The first-order valence-electron chi connectivity index (χ1n) is 22.8. The van der Waals surface area contributed by atoms with Crippen molar-refractivity contribution in [3.63, 3.8) is 0 Å². The zero-order valence-corrected chi connectivity index (χ0v) is 38.0. The highest BCUT2D eigenvalue weighted by atomic mass is 16.5. The topological polar surface area (TPSA) is 188 Å². The number of ether oxygens (including phenoxy) is 3. The monoisotopic (exact) mass is 891 g/mol. The fourth-order valence-electron chi connectivity index (χ4n) is 8.88. The van der Waals surface area contributed by atoms with Gasteiger partial charge >= 0.3 is 0 Å². The van der Waals surface area contributed by atoms with Crippen molar-refractivity contribution in [1.82, 2.24) is 30.4 Å². The molecule has 2 fully saturated rings. The number of hydrogen-bond acceptors (Lipinski definition) is 13. The molecule has 5 amide bonds. The van der Waals surface area contributed by atoms with Crippen molar-refractivity contribution in [2.75, 3.05) is 82.4 Å². The summed E-state index contributed by atoms with van der Waals surface area (Å²) in [5.74, 6) is 6.97. The zero-order valence-electron chi connectivity index (χ0n) is 38.0. The highest BCUT2D eigenvalue weighted by molar-refractivity contribution is 6.06. The Morgan fingerprint density at radius 3 is 2.55 bits per heavy atom. The second-order valence-electron chi connectivity index (χ2n) is 16.9. The third-order valence-electron chi connectivity index (χ3n) is 12.5. The number of carbonyl (C=O) groups is 5. The maximum Gasteiger partial charge on any atom is 0.255 e. The highest BCUT2D eigenvalue weighted by Crippen LogP contribution is 2.40. The Balaban J connectivity index is 0.755. The van der Waals surface area contributed by atoms with Gasteiger partial charge in [-0.2, -0.15) is 4.98 Å². The van der Waals surface area contributed by atoms with Crippen molar-refractivity contribution in [3.8, 4) is 17.6 Å². The van der Waals surface area contributed by atoms with Crippen LogP contribution < -0.4 is 30.5 Å². The van der Waals surface area contributed by atoms with E-state index in [1.165, 1.54) is 0 Å². The lowest BCUT2D eigenvalue weighted by molar-refractivity contribution is -0.137. The molecule has 0 radical (unpaired) electrons. The molecule has 4 heterocycles. The van der Waals surface area contributed by atoms with E-state index in [0.29, 0.717) is 99.4 Å². The molecule has 1 aromatic heterocycles. The van der Waals surface area contributed by atoms with Gasteiger partial charge in [0.05, 0.1) is 25.6 Å². The van der Waals surface area contributed by atoms with E-state index in [1.807, 2.05) is 26.1 Å². The summed E-state index contributed by atoms with van der Waals surface area (Å²) in [7, 11) is 5.35. The Morgan fingerprint density at radius 2 is 1.78 bits per heavy atom. The van der Waals surface area contributed by atoms with Gasteiger partial charge in [-0.05, 0) is 81.5 Å². The van der Waals surface area contributed by atoms with Gasteiger partial charge in [0.1, 0.15) is 23.5 Å². The summed E-state index contributed by atoms with van der Waals surface area (Å²) in [6, 6.07) is 10.0. The molecular weight excluding hydrogens is 831 g/mol. The van der Waals surface area contributed by atoms with Crippen molar-refractivity contribution in [3.05, 3.63) is 64.8 Å². The predicted octanol–water partition coefficient (Wildman–Crippen LogP) is 4.41. The summed E-state index contributed by atoms with van der Waals surface area (Å²) >= 11 is 0.